The van der Waals surface area contributed by atoms with Gasteiger partial charge in [0.15, 0.2) is 5.82 Å². The van der Waals surface area contributed by atoms with E-state index in [1.165, 1.54) is 0 Å². The first-order chi connectivity index (χ1) is 13.6. The molecule has 1 saturated heterocycles. The van der Waals surface area contributed by atoms with Crippen molar-refractivity contribution in [2.75, 3.05) is 18.5 Å². The fraction of sp³-hybridized carbons (Fsp3) is 0.286. The van der Waals surface area contributed by atoms with Crippen LogP contribution in [0, 0.1) is 6.92 Å². The Labute approximate surface area is 162 Å². The molecule has 0 aliphatic carbocycles. The summed E-state index contributed by atoms with van der Waals surface area (Å²) in [6.07, 6.45) is 1.41. The van der Waals surface area contributed by atoms with Crippen molar-refractivity contribution in [1.82, 2.24) is 10.2 Å². The molecule has 1 unspecified atom stereocenters. The second kappa shape index (κ2) is 7.82. The fourth-order valence-corrected chi connectivity index (χ4v) is 3.41. The van der Waals surface area contributed by atoms with Crippen LogP contribution in [0.5, 0.6) is 0 Å². The third-order valence-electron chi connectivity index (χ3n) is 4.88. The number of nitrogens with two attached hydrogens (primary N) is 1. The Morgan fingerprint density at radius 3 is 2.75 bits per heavy atom. The van der Waals surface area contributed by atoms with Gasteiger partial charge in [-0.25, -0.2) is 0 Å². The molecule has 7 nitrogen and oxygen atoms in total. The van der Waals surface area contributed by atoms with Crippen molar-refractivity contribution in [3.05, 3.63) is 70.8 Å². The topological polar surface area (TPSA) is 103 Å². The lowest BCUT2D eigenvalue weighted by Crippen LogP contribution is -2.15. The Morgan fingerprint density at radius 2 is 2.11 bits per heavy atom. The summed E-state index contributed by atoms with van der Waals surface area (Å²) in [5.41, 5.74) is 8.48. The number of rotatable bonds is 6. The van der Waals surface area contributed by atoms with Gasteiger partial charge in [0.2, 0.25) is 5.91 Å². The quantitative estimate of drug-likeness (QED) is 0.682. The summed E-state index contributed by atoms with van der Waals surface area (Å²) in [5, 5.41) is 11.9. The minimum atomic E-state index is -0.482. The number of hydrogen-bond acceptors (Lipinski definition) is 6. The molecular weight excluding hydrogens is 356 g/mol. The number of aromatic nitrogens is 2. The van der Waals surface area contributed by atoms with E-state index < -0.39 is 5.91 Å². The van der Waals surface area contributed by atoms with Gasteiger partial charge in [-0.3, -0.25) is 4.79 Å². The Bertz CT molecular complexity index is 976. The van der Waals surface area contributed by atoms with E-state index in [1.54, 1.807) is 12.1 Å². The molecule has 0 bridgehead atoms. The van der Waals surface area contributed by atoms with E-state index in [1.807, 2.05) is 37.3 Å². The zero-order valence-corrected chi connectivity index (χ0v) is 15.6. The number of benzene rings is 1. The maximum Gasteiger partial charge on any atom is 0.249 e. The summed E-state index contributed by atoms with van der Waals surface area (Å²) < 4.78 is 11.1. The third kappa shape index (κ3) is 3.89. The zero-order chi connectivity index (χ0) is 19.5. The average Bonchev–Trinajstić information content (AvgIpc) is 3.35. The summed E-state index contributed by atoms with van der Waals surface area (Å²) in [4.78, 5) is 11.9. The van der Waals surface area contributed by atoms with E-state index in [0.717, 1.165) is 41.5 Å². The highest BCUT2D eigenvalue weighted by Crippen LogP contribution is 2.28. The number of aryl methyl sites for hydroxylation is 1. The summed E-state index contributed by atoms with van der Waals surface area (Å²) in [6.45, 7) is 3.34. The lowest BCUT2D eigenvalue weighted by molar-refractivity contribution is 0.0999. The first-order valence-electron chi connectivity index (χ1n) is 9.25. The summed E-state index contributed by atoms with van der Waals surface area (Å²) in [6, 6.07) is 13.0. The molecule has 0 radical (unpaired) electrons. The number of furan rings is 1. The molecule has 3 aromatic rings. The number of hydrogen-bond donors (Lipinski definition) is 2. The van der Waals surface area contributed by atoms with Crippen LogP contribution in [0.3, 0.4) is 0 Å². The Balaban J connectivity index is 1.61. The molecular formula is C21H22N4O3. The molecule has 3 N–H and O–H groups in total. The van der Waals surface area contributed by atoms with Gasteiger partial charge in [-0.15, -0.1) is 5.10 Å². The van der Waals surface area contributed by atoms with E-state index in [4.69, 9.17) is 14.9 Å². The monoisotopic (exact) mass is 378 g/mol. The molecule has 1 aliphatic rings. The molecule has 1 amide bonds. The van der Waals surface area contributed by atoms with Crippen LogP contribution in [0.15, 0.2) is 46.9 Å². The highest BCUT2D eigenvalue weighted by Gasteiger charge is 2.20. The van der Waals surface area contributed by atoms with Crippen LogP contribution in [-0.4, -0.2) is 29.3 Å². The molecule has 7 heteroatoms. The van der Waals surface area contributed by atoms with Crippen LogP contribution in [0.4, 0.5) is 11.5 Å². The normalized spacial score (nSPS) is 16.2. The van der Waals surface area contributed by atoms with Gasteiger partial charge in [0.1, 0.15) is 11.5 Å². The second-order valence-electron chi connectivity index (χ2n) is 6.91. The molecule has 2 aromatic heterocycles. The van der Waals surface area contributed by atoms with Gasteiger partial charge in [0, 0.05) is 30.2 Å². The molecule has 0 saturated carbocycles. The van der Waals surface area contributed by atoms with Gasteiger partial charge in [-0.2, -0.15) is 5.10 Å². The highest BCUT2D eigenvalue weighted by molar-refractivity contribution is 5.96. The number of nitrogens with one attached hydrogen (secondary N) is 1. The van der Waals surface area contributed by atoms with Crippen molar-refractivity contribution in [2.24, 2.45) is 5.73 Å². The van der Waals surface area contributed by atoms with Crippen molar-refractivity contribution in [3.63, 3.8) is 0 Å². The van der Waals surface area contributed by atoms with Crippen LogP contribution in [0.2, 0.25) is 0 Å². The number of ether oxygens (including phenoxy) is 1. The van der Waals surface area contributed by atoms with Crippen molar-refractivity contribution >= 4 is 17.4 Å². The number of anilines is 2. The van der Waals surface area contributed by atoms with Gasteiger partial charge < -0.3 is 20.2 Å². The first kappa shape index (κ1) is 18.2. The molecule has 1 fully saturated rings. The van der Waals surface area contributed by atoms with Gasteiger partial charge in [-0.05, 0) is 55.3 Å². The lowest BCUT2D eigenvalue weighted by Gasteiger charge is -2.14. The number of primary amides is 1. The maximum atomic E-state index is 11.9. The molecule has 1 atom stereocenters. The largest absolute Gasteiger partial charge is 0.466 e. The van der Waals surface area contributed by atoms with Crippen molar-refractivity contribution in [1.29, 1.82) is 0 Å². The number of carbonyl (C=O) groups is 1. The van der Waals surface area contributed by atoms with Gasteiger partial charge >= 0.3 is 0 Å². The van der Waals surface area contributed by atoms with Crippen LogP contribution < -0.4 is 11.1 Å². The van der Waals surface area contributed by atoms with E-state index in [9.17, 15) is 4.79 Å². The van der Waals surface area contributed by atoms with Crippen molar-refractivity contribution < 1.29 is 13.9 Å². The molecule has 1 aromatic carbocycles. The van der Waals surface area contributed by atoms with Crippen LogP contribution in [0.25, 0.3) is 0 Å². The smallest absolute Gasteiger partial charge is 0.249 e. The van der Waals surface area contributed by atoms with Crippen LogP contribution in [-0.2, 0) is 11.2 Å². The SMILES string of the molecule is Cc1ccc(Cc2c(Nc3ccc(C4CCOC4)nn3)cccc2C(N)=O)o1. The van der Waals surface area contributed by atoms with Gasteiger partial charge in [0.25, 0.3) is 0 Å². The predicted molar refractivity (Wildman–Crippen MR) is 105 cm³/mol. The Hall–Kier alpha value is -3.19. The zero-order valence-electron chi connectivity index (χ0n) is 15.6. The standard InChI is InChI=1S/C21H22N4O3/c1-13-5-6-15(28-13)11-17-16(21(22)26)3-2-4-19(17)23-20-8-7-18(24-25-20)14-9-10-27-12-14/h2-8,14H,9-12H2,1H3,(H2,22,26)(H,23,25). The highest BCUT2D eigenvalue weighted by atomic mass is 16.5. The van der Waals surface area contributed by atoms with Crippen molar-refractivity contribution in [2.45, 2.75) is 25.7 Å². The van der Waals surface area contributed by atoms with Crippen molar-refractivity contribution in [3.8, 4) is 0 Å². The molecule has 1 aliphatic heterocycles. The Morgan fingerprint density at radius 1 is 1.21 bits per heavy atom. The van der Waals surface area contributed by atoms with E-state index in [-0.39, 0.29) is 0 Å². The van der Waals surface area contributed by atoms with E-state index >= 15 is 0 Å². The minimum Gasteiger partial charge on any atom is -0.466 e. The first-order valence-corrected chi connectivity index (χ1v) is 9.25. The number of carbonyl (C=O) groups excluding carboxylic acids is 1. The molecule has 28 heavy (non-hydrogen) atoms. The minimum absolute atomic E-state index is 0.303. The molecule has 3 heterocycles. The van der Waals surface area contributed by atoms with Gasteiger partial charge in [-0.1, -0.05) is 6.07 Å². The lowest BCUT2D eigenvalue weighted by atomic mass is 10.00. The van der Waals surface area contributed by atoms with Crippen LogP contribution >= 0.6 is 0 Å². The third-order valence-corrected chi connectivity index (χ3v) is 4.88. The summed E-state index contributed by atoms with van der Waals surface area (Å²) in [7, 11) is 0. The predicted octanol–water partition coefficient (Wildman–Crippen LogP) is 3.32. The fourth-order valence-electron chi connectivity index (χ4n) is 3.41. The molecule has 144 valence electrons. The molecule has 4 rings (SSSR count). The second-order valence-corrected chi connectivity index (χ2v) is 6.91. The summed E-state index contributed by atoms with van der Waals surface area (Å²) >= 11 is 0. The number of amides is 1. The molecule has 0 spiro atoms. The average molecular weight is 378 g/mol. The summed E-state index contributed by atoms with van der Waals surface area (Å²) in [5.74, 6) is 2.00. The number of nitrogens with zero attached hydrogens (tertiary/aromatic N) is 2. The van der Waals surface area contributed by atoms with Gasteiger partial charge in [0.05, 0.1) is 12.3 Å². The maximum absolute atomic E-state index is 11.9. The van der Waals surface area contributed by atoms with E-state index in [0.29, 0.717) is 30.3 Å². The van der Waals surface area contributed by atoms with E-state index in [2.05, 4.69) is 15.5 Å². The Kier molecular flexibility index (Phi) is 5.08. The van der Waals surface area contributed by atoms with Crippen LogP contribution in [0.1, 0.15) is 45.5 Å².